The lowest BCUT2D eigenvalue weighted by atomic mass is 10.1. The smallest absolute Gasteiger partial charge is 0.243 e. The number of carbonyl (C=O) groups excluding carboxylic acids is 1. The summed E-state index contributed by atoms with van der Waals surface area (Å²) >= 11 is 0. The van der Waals surface area contributed by atoms with Gasteiger partial charge in [-0.1, -0.05) is 12.1 Å². The molecule has 0 radical (unpaired) electrons. The van der Waals surface area contributed by atoms with Crippen molar-refractivity contribution in [1.29, 1.82) is 0 Å². The van der Waals surface area contributed by atoms with Crippen molar-refractivity contribution >= 4 is 41.5 Å². The fourth-order valence-corrected chi connectivity index (χ4v) is 2.86. The van der Waals surface area contributed by atoms with Gasteiger partial charge in [0.2, 0.25) is 5.91 Å². The molecule has 1 unspecified atom stereocenters. The molecule has 1 N–H and O–H groups in total. The molecule has 1 atom stereocenters. The molecular formula is C20H34IN5O2. The lowest BCUT2D eigenvalue weighted by molar-refractivity contribution is -0.127. The van der Waals surface area contributed by atoms with Crippen LogP contribution in [0.2, 0.25) is 0 Å². The number of rotatable bonds is 7. The predicted octanol–water partition coefficient (Wildman–Crippen LogP) is 1.87. The van der Waals surface area contributed by atoms with E-state index in [1.807, 2.05) is 21.1 Å². The maximum Gasteiger partial charge on any atom is 0.243 e. The van der Waals surface area contributed by atoms with Crippen LogP contribution in [0.25, 0.3) is 0 Å². The average molecular weight is 503 g/mol. The van der Waals surface area contributed by atoms with Crippen molar-refractivity contribution in [3.63, 3.8) is 0 Å². The second-order valence-electron chi connectivity index (χ2n) is 7.46. The number of aliphatic imine (C=N–C) groups is 1. The van der Waals surface area contributed by atoms with Gasteiger partial charge in [0.1, 0.15) is 6.54 Å². The van der Waals surface area contributed by atoms with Crippen molar-refractivity contribution < 1.29 is 9.53 Å². The molecular weight excluding hydrogens is 469 g/mol. The Balaban J connectivity index is 0.00000392. The van der Waals surface area contributed by atoms with Gasteiger partial charge in [-0.2, -0.15) is 0 Å². The van der Waals surface area contributed by atoms with Gasteiger partial charge in [0.25, 0.3) is 0 Å². The van der Waals surface area contributed by atoms with E-state index in [-0.39, 0.29) is 36.4 Å². The summed E-state index contributed by atoms with van der Waals surface area (Å²) in [4.78, 5) is 22.2. The monoisotopic (exact) mass is 503 g/mol. The highest BCUT2D eigenvalue weighted by Gasteiger charge is 2.17. The van der Waals surface area contributed by atoms with Crippen LogP contribution in [0.5, 0.6) is 0 Å². The molecule has 0 bridgehead atoms. The summed E-state index contributed by atoms with van der Waals surface area (Å²) in [5.41, 5.74) is 2.36. The SMILES string of the molecule is CN(C)C(=O)CN=C(NCC1CCOC1)N(C)Cc1cccc(N(C)C)c1.I. The van der Waals surface area contributed by atoms with Crippen LogP contribution in [0.1, 0.15) is 12.0 Å². The zero-order valence-corrected chi connectivity index (χ0v) is 20.0. The van der Waals surface area contributed by atoms with Crippen molar-refractivity contribution in [3.8, 4) is 0 Å². The van der Waals surface area contributed by atoms with E-state index in [9.17, 15) is 4.79 Å². The number of anilines is 1. The quantitative estimate of drug-likeness (QED) is 0.350. The number of amides is 1. The molecule has 2 rings (SSSR count). The first-order valence-electron chi connectivity index (χ1n) is 9.40. The maximum atomic E-state index is 12.0. The van der Waals surface area contributed by atoms with Crippen molar-refractivity contribution in [1.82, 2.24) is 15.1 Å². The van der Waals surface area contributed by atoms with Crippen LogP contribution in [0.4, 0.5) is 5.69 Å². The van der Waals surface area contributed by atoms with Gasteiger partial charge in [-0.3, -0.25) is 4.79 Å². The summed E-state index contributed by atoms with van der Waals surface area (Å²) in [7, 11) is 9.57. The molecule has 1 heterocycles. The summed E-state index contributed by atoms with van der Waals surface area (Å²) in [6.07, 6.45) is 1.06. The maximum absolute atomic E-state index is 12.0. The molecule has 1 aliphatic rings. The molecule has 1 amide bonds. The molecule has 0 spiro atoms. The normalized spacial score (nSPS) is 16.3. The van der Waals surface area contributed by atoms with Crippen molar-refractivity contribution in [2.45, 2.75) is 13.0 Å². The Labute approximate surface area is 186 Å². The van der Waals surface area contributed by atoms with Crippen LogP contribution in [0.3, 0.4) is 0 Å². The Morgan fingerprint density at radius 1 is 1.25 bits per heavy atom. The van der Waals surface area contributed by atoms with E-state index in [0.717, 1.165) is 32.1 Å². The summed E-state index contributed by atoms with van der Waals surface area (Å²) in [5, 5.41) is 3.43. The van der Waals surface area contributed by atoms with E-state index in [1.165, 1.54) is 11.3 Å². The van der Waals surface area contributed by atoms with Crippen molar-refractivity contribution in [2.24, 2.45) is 10.9 Å². The largest absolute Gasteiger partial charge is 0.381 e. The Bertz CT molecular complexity index is 645. The number of hydrogen-bond donors (Lipinski definition) is 1. The molecule has 1 aliphatic heterocycles. The van der Waals surface area contributed by atoms with Crippen LogP contribution in [0.15, 0.2) is 29.3 Å². The highest BCUT2D eigenvalue weighted by Crippen LogP contribution is 2.15. The molecule has 1 aromatic rings. The Hall–Kier alpha value is -1.55. The molecule has 158 valence electrons. The first kappa shape index (κ1) is 24.5. The highest BCUT2D eigenvalue weighted by molar-refractivity contribution is 14.0. The third kappa shape index (κ3) is 7.83. The van der Waals surface area contributed by atoms with Crippen LogP contribution in [-0.4, -0.2) is 83.2 Å². The standard InChI is InChI=1S/C20H33N5O2.HI/c1-23(2)18-8-6-7-16(11-18)14-25(5)20(22-13-19(26)24(3)4)21-12-17-9-10-27-15-17;/h6-8,11,17H,9-10,12-15H2,1-5H3,(H,21,22);1H. The number of ether oxygens (including phenoxy) is 1. The number of nitrogens with zero attached hydrogens (tertiary/aromatic N) is 4. The van der Waals surface area contributed by atoms with Gasteiger partial charge in [-0.05, 0) is 24.1 Å². The van der Waals surface area contributed by atoms with Gasteiger partial charge >= 0.3 is 0 Å². The van der Waals surface area contributed by atoms with Crippen LogP contribution in [0, 0.1) is 5.92 Å². The van der Waals surface area contributed by atoms with Crippen LogP contribution < -0.4 is 10.2 Å². The number of benzene rings is 1. The first-order chi connectivity index (χ1) is 12.9. The summed E-state index contributed by atoms with van der Waals surface area (Å²) < 4.78 is 5.45. The lowest BCUT2D eigenvalue weighted by Gasteiger charge is -2.24. The molecule has 1 saturated heterocycles. The third-order valence-electron chi connectivity index (χ3n) is 4.64. The minimum absolute atomic E-state index is 0. The van der Waals surface area contributed by atoms with Crippen LogP contribution >= 0.6 is 24.0 Å². The van der Waals surface area contributed by atoms with E-state index in [4.69, 9.17) is 4.74 Å². The van der Waals surface area contributed by atoms with E-state index in [2.05, 4.69) is 44.4 Å². The molecule has 7 nitrogen and oxygen atoms in total. The molecule has 0 aromatic heterocycles. The summed E-state index contributed by atoms with van der Waals surface area (Å²) in [5.74, 6) is 1.22. The zero-order chi connectivity index (χ0) is 19.8. The Morgan fingerprint density at radius 3 is 2.61 bits per heavy atom. The van der Waals surface area contributed by atoms with Gasteiger partial charge in [-0.25, -0.2) is 4.99 Å². The van der Waals surface area contributed by atoms with Gasteiger partial charge in [0, 0.05) is 66.5 Å². The fourth-order valence-electron chi connectivity index (χ4n) is 2.86. The zero-order valence-electron chi connectivity index (χ0n) is 17.6. The number of nitrogens with one attached hydrogen (secondary N) is 1. The van der Waals surface area contributed by atoms with E-state index in [1.54, 1.807) is 19.0 Å². The molecule has 8 heteroatoms. The number of carbonyl (C=O) groups is 1. The Morgan fingerprint density at radius 2 is 2.00 bits per heavy atom. The molecule has 1 fully saturated rings. The number of guanidine groups is 1. The van der Waals surface area contributed by atoms with E-state index < -0.39 is 0 Å². The first-order valence-corrected chi connectivity index (χ1v) is 9.40. The van der Waals surface area contributed by atoms with Gasteiger partial charge in [-0.15, -0.1) is 24.0 Å². The fraction of sp³-hybridized carbons (Fsp3) is 0.600. The van der Waals surface area contributed by atoms with Crippen molar-refractivity contribution in [2.75, 3.05) is 66.4 Å². The summed E-state index contributed by atoms with van der Waals surface area (Å²) in [6.45, 7) is 3.26. The highest BCUT2D eigenvalue weighted by atomic mass is 127. The second-order valence-corrected chi connectivity index (χ2v) is 7.46. The van der Waals surface area contributed by atoms with E-state index >= 15 is 0 Å². The third-order valence-corrected chi connectivity index (χ3v) is 4.64. The predicted molar refractivity (Wildman–Crippen MR) is 126 cm³/mol. The van der Waals surface area contributed by atoms with Gasteiger partial charge in [0.15, 0.2) is 5.96 Å². The van der Waals surface area contributed by atoms with Gasteiger partial charge < -0.3 is 24.8 Å². The van der Waals surface area contributed by atoms with Crippen LogP contribution in [-0.2, 0) is 16.1 Å². The molecule has 28 heavy (non-hydrogen) atoms. The minimum atomic E-state index is -0.0125. The number of likely N-dealkylation sites (N-methyl/N-ethyl adjacent to an activating group) is 1. The molecule has 0 aliphatic carbocycles. The summed E-state index contributed by atoms with van der Waals surface area (Å²) in [6, 6.07) is 8.43. The number of hydrogen-bond acceptors (Lipinski definition) is 4. The number of halogens is 1. The minimum Gasteiger partial charge on any atom is -0.381 e. The van der Waals surface area contributed by atoms with E-state index in [0.29, 0.717) is 12.5 Å². The van der Waals surface area contributed by atoms with Crippen molar-refractivity contribution in [3.05, 3.63) is 29.8 Å². The molecule has 1 aromatic carbocycles. The Kier molecular flexibility index (Phi) is 10.6. The second kappa shape index (κ2) is 12.1. The average Bonchev–Trinajstić information content (AvgIpc) is 3.15. The lowest BCUT2D eigenvalue weighted by Crippen LogP contribution is -2.41. The topological polar surface area (TPSA) is 60.4 Å². The van der Waals surface area contributed by atoms with Gasteiger partial charge in [0.05, 0.1) is 6.61 Å². The molecule has 0 saturated carbocycles.